The average Bonchev–Trinajstić information content (AvgIpc) is 3.16. The Bertz CT molecular complexity index is 782. The molecule has 3 atom stereocenters. The van der Waals surface area contributed by atoms with Gasteiger partial charge in [-0.15, -0.1) is 0 Å². The number of hydrogen-bond acceptors (Lipinski definition) is 8. The fourth-order valence-corrected chi connectivity index (χ4v) is 4.03. The molecule has 9 nitrogen and oxygen atoms in total. The first-order valence-corrected chi connectivity index (χ1v) is 7.47. The Balaban J connectivity index is 1.94. The smallest absolute Gasteiger partial charge is 0.404 e. The molecule has 1 amide bonds. The lowest BCUT2D eigenvalue weighted by Crippen LogP contribution is -2.51. The third kappa shape index (κ3) is 1.55. The second-order valence-corrected chi connectivity index (χ2v) is 6.22. The van der Waals surface area contributed by atoms with Gasteiger partial charge in [-0.2, -0.15) is 0 Å². The molecule has 0 radical (unpaired) electrons. The Morgan fingerprint density at radius 2 is 2.17 bits per heavy atom. The van der Waals surface area contributed by atoms with Gasteiger partial charge >= 0.3 is 6.09 Å². The number of amides is 1. The maximum Gasteiger partial charge on any atom is 0.404 e. The van der Waals surface area contributed by atoms with E-state index in [1.165, 1.54) is 14.0 Å². The molecule has 4 aliphatic rings. The summed E-state index contributed by atoms with van der Waals surface area (Å²) in [5, 5.41) is 23.8. The number of methoxy groups -OCH3 is 1. The summed E-state index contributed by atoms with van der Waals surface area (Å²) in [6.45, 7) is 1.71. The van der Waals surface area contributed by atoms with Crippen LogP contribution in [0.1, 0.15) is 6.92 Å². The number of nitrogens with one attached hydrogen (secondary N) is 1. The molecule has 4 rings (SSSR count). The van der Waals surface area contributed by atoms with Crippen molar-refractivity contribution in [1.29, 1.82) is 0 Å². The number of fused-ring (bicyclic) bond motifs is 5. The van der Waals surface area contributed by atoms with Crippen LogP contribution in [0.4, 0.5) is 4.79 Å². The molecular weight excluding hydrogens is 318 g/mol. The van der Waals surface area contributed by atoms with Crippen LogP contribution in [0.25, 0.3) is 0 Å². The summed E-state index contributed by atoms with van der Waals surface area (Å²) in [5.74, 6) is -1.35. The van der Waals surface area contributed by atoms with E-state index in [1.807, 2.05) is 0 Å². The molecule has 2 fully saturated rings. The van der Waals surface area contributed by atoms with Crippen LogP contribution in [0.15, 0.2) is 33.9 Å². The second kappa shape index (κ2) is 4.52. The molecule has 0 aromatic carbocycles. The molecule has 24 heavy (non-hydrogen) atoms. The highest BCUT2D eigenvalue weighted by Gasteiger charge is 2.70. The molecule has 2 saturated heterocycles. The summed E-state index contributed by atoms with van der Waals surface area (Å²) in [4.78, 5) is 25.5. The molecule has 0 bridgehead atoms. The Morgan fingerprint density at radius 1 is 1.46 bits per heavy atom. The minimum Gasteiger partial charge on any atom is -0.505 e. The zero-order valence-electron chi connectivity index (χ0n) is 13.1. The number of aliphatic hydroxyl groups is 2. The maximum atomic E-state index is 12.6. The van der Waals surface area contributed by atoms with Gasteiger partial charge in [0, 0.05) is 30.8 Å². The summed E-state index contributed by atoms with van der Waals surface area (Å²) >= 11 is 0. The van der Waals surface area contributed by atoms with Gasteiger partial charge in [0.05, 0.1) is 17.3 Å². The lowest BCUT2D eigenvalue weighted by atomic mass is 9.90. The summed E-state index contributed by atoms with van der Waals surface area (Å²) in [6, 6.07) is 0.0351. The van der Waals surface area contributed by atoms with E-state index in [9.17, 15) is 19.8 Å². The highest BCUT2D eigenvalue weighted by Crippen LogP contribution is 2.55. The summed E-state index contributed by atoms with van der Waals surface area (Å²) in [6.07, 6.45) is -0.986. The fourth-order valence-electron chi connectivity index (χ4n) is 4.03. The third-order valence-electron chi connectivity index (χ3n) is 5.18. The minimum atomic E-state index is -1.06. The fraction of sp³-hybridized carbons (Fsp3) is 0.467. The van der Waals surface area contributed by atoms with Crippen molar-refractivity contribution in [2.45, 2.75) is 24.7 Å². The normalized spacial score (nSPS) is 33.8. The van der Waals surface area contributed by atoms with Gasteiger partial charge < -0.3 is 35.6 Å². The van der Waals surface area contributed by atoms with Crippen molar-refractivity contribution in [2.24, 2.45) is 5.73 Å². The highest BCUT2D eigenvalue weighted by atomic mass is 16.6. The second-order valence-electron chi connectivity index (χ2n) is 6.22. The largest absolute Gasteiger partial charge is 0.505 e. The van der Waals surface area contributed by atoms with E-state index in [1.54, 1.807) is 4.90 Å². The van der Waals surface area contributed by atoms with E-state index < -0.39 is 23.4 Å². The predicted octanol–water partition coefficient (Wildman–Crippen LogP) is -0.425. The lowest BCUT2D eigenvalue weighted by Gasteiger charge is -2.37. The van der Waals surface area contributed by atoms with Crippen LogP contribution in [-0.2, 0) is 14.3 Å². The van der Waals surface area contributed by atoms with Gasteiger partial charge in [-0.1, -0.05) is 0 Å². The standard InChI is InChI=1S/C15H17N3O6/c1-5-10(19)9-8(12(21)11(5)20)6(4-24-14(16)22)15(23-2)13-7(17-13)3-18(9)15/h7,13,17,19-20H,3-4H2,1-2H3,(H2,16,22)/t7-,13-,15+/m0/s1. The van der Waals surface area contributed by atoms with Crippen LogP contribution in [-0.4, -0.2) is 65.1 Å². The molecule has 0 saturated carbocycles. The van der Waals surface area contributed by atoms with E-state index in [0.717, 1.165) is 0 Å². The van der Waals surface area contributed by atoms with Crippen molar-refractivity contribution in [3.05, 3.63) is 33.9 Å². The molecule has 0 spiro atoms. The molecule has 1 aliphatic carbocycles. The van der Waals surface area contributed by atoms with Gasteiger partial charge in [0.15, 0.2) is 11.5 Å². The van der Waals surface area contributed by atoms with Gasteiger partial charge in [-0.05, 0) is 6.92 Å². The van der Waals surface area contributed by atoms with E-state index in [2.05, 4.69) is 5.32 Å². The van der Waals surface area contributed by atoms with Crippen LogP contribution in [0.2, 0.25) is 0 Å². The van der Waals surface area contributed by atoms with Gasteiger partial charge in [-0.3, -0.25) is 4.79 Å². The number of Topliss-reactive ketones (excluding diaryl/α,β-unsaturated/α-hetero) is 1. The predicted molar refractivity (Wildman–Crippen MR) is 79.7 cm³/mol. The van der Waals surface area contributed by atoms with Crippen LogP contribution in [0, 0.1) is 0 Å². The Hall–Kier alpha value is -2.52. The minimum absolute atomic E-state index is 0.103. The van der Waals surface area contributed by atoms with E-state index in [-0.39, 0.29) is 35.6 Å². The van der Waals surface area contributed by atoms with E-state index in [4.69, 9.17) is 15.2 Å². The number of allylic oxidation sites excluding steroid dienone is 3. The lowest BCUT2D eigenvalue weighted by molar-refractivity contribution is -0.114. The number of nitrogens with two attached hydrogens (primary N) is 1. The van der Waals surface area contributed by atoms with Crippen molar-refractivity contribution >= 4 is 11.9 Å². The van der Waals surface area contributed by atoms with E-state index in [0.29, 0.717) is 17.8 Å². The van der Waals surface area contributed by atoms with Gasteiger partial charge in [-0.25, -0.2) is 4.79 Å². The van der Waals surface area contributed by atoms with Crippen molar-refractivity contribution in [3.63, 3.8) is 0 Å². The van der Waals surface area contributed by atoms with Crippen molar-refractivity contribution < 1.29 is 29.3 Å². The first-order valence-electron chi connectivity index (χ1n) is 7.47. The Labute approximate surface area is 137 Å². The molecule has 0 unspecified atom stereocenters. The average molecular weight is 335 g/mol. The number of ketones is 1. The van der Waals surface area contributed by atoms with Crippen molar-refractivity contribution in [2.75, 3.05) is 20.3 Å². The summed E-state index contributed by atoms with van der Waals surface area (Å²) < 4.78 is 10.7. The number of rotatable bonds is 3. The summed E-state index contributed by atoms with van der Waals surface area (Å²) in [7, 11) is 1.49. The molecule has 5 N–H and O–H groups in total. The number of piperazine rings is 1. The van der Waals surface area contributed by atoms with Crippen LogP contribution in [0.5, 0.6) is 0 Å². The number of carbonyl (C=O) groups excluding carboxylic acids is 2. The first kappa shape index (κ1) is 15.0. The third-order valence-corrected chi connectivity index (χ3v) is 5.18. The highest BCUT2D eigenvalue weighted by molar-refractivity contribution is 6.13. The number of nitrogens with zero attached hydrogens (tertiary/aromatic N) is 1. The van der Waals surface area contributed by atoms with Gasteiger partial charge in [0.1, 0.15) is 12.4 Å². The topological polar surface area (TPSA) is 144 Å². The number of carbonyl (C=O) groups is 2. The molecule has 128 valence electrons. The zero-order valence-corrected chi connectivity index (χ0v) is 13.1. The molecule has 3 aliphatic heterocycles. The zero-order chi connectivity index (χ0) is 17.4. The molecule has 0 aromatic heterocycles. The quantitative estimate of drug-likeness (QED) is 0.509. The number of ether oxygens (including phenoxy) is 2. The molecule has 9 heteroatoms. The number of hydrogen-bond donors (Lipinski definition) is 4. The number of primary amides is 1. The van der Waals surface area contributed by atoms with Crippen molar-refractivity contribution in [1.82, 2.24) is 10.2 Å². The maximum absolute atomic E-state index is 12.6. The van der Waals surface area contributed by atoms with Gasteiger partial charge in [0.2, 0.25) is 5.78 Å². The monoisotopic (exact) mass is 335 g/mol. The van der Waals surface area contributed by atoms with Gasteiger partial charge in [0.25, 0.3) is 0 Å². The summed E-state index contributed by atoms with van der Waals surface area (Å²) in [5.41, 5.74) is 4.88. The van der Waals surface area contributed by atoms with Crippen LogP contribution < -0.4 is 11.1 Å². The van der Waals surface area contributed by atoms with Crippen molar-refractivity contribution in [3.8, 4) is 0 Å². The van der Waals surface area contributed by atoms with E-state index >= 15 is 0 Å². The number of aliphatic hydroxyl groups excluding tert-OH is 2. The van der Waals surface area contributed by atoms with Crippen LogP contribution >= 0.6 is 0 Å². The SMILES string of the molecule is CO[C@@]12C(COC(N)=O)=C3C(=O)C(O)=C(C)C(O)=C3N1C[C@@H]1N[C@@H]12. The molecule has 0 aromatic rings. The molecule has 3 heterocycles. The molecular formula is C15H17N3O6. The Kier molecular flexibility index (Phi) is 2.83. The van der Waals surface area contributed by atoms with Crippen LogP contribution in [0.3, 0.4) is 0 Å². The Morgan fingerprint density at radius 3 is 2.79 bits per heavy atom. The first-order chi connectivity index (χ1) is 11.3.